The van der Waals surface area contributed by atoms with Crippen LogP contribution in [0, 0.1) is 0 Å². The number of aryl methyl sites for hydroxylation is 1. The minimum absolute atomic E-state index is 0.00229. The van der Waals surface area contributed by atoms with Crippen molar-refractivity contribution in [1.82, 2.24) is 14.6 Å². The summed E-state index contributed by atoms with van der Waals surface area (Å²) in [4.78, 5) is 20.4. The van der Waals surface area contributed by atoms with Gasteiger partial charge in [-0.1, -0.05) is 78.9 Å². The molecule has 1 aliphatic heterocycles. The molecule has 3 aromatic carbocycles. The van der Waals surface area contributed by atoms with Gasteiger partial charge in [0.05, 0.1) is 17.9 Å². The molecule has 5 nitrogen and oxygen atoms in total. The SMILES string of the molecule is O=C(CN1CCCc2ccccc21)c1cc2nc(-c3ccccc3)cc(-c3ccccc3)n2n1. The van der Waals surface area contributed by atoms with Gasteiger partial charge in [-0.3, -0.25) is 4.79 Å². The molecule has 1 aliphatic rings. The summed E-state index contributed by atoms with van der Waals surface area (Å²) in [5, 5.41) is 4.72. The van der Waals surface area contributed by atoms with E-state index in [9.17, 15) is 4.79 Å². The molecule has 0 saturated carbocycles. The standard InChI is InChI=1S/C29H24N4O/c34-28(20-32-17-9-15-22-14-7-8-16-26(22)32)25-19-29-30-24(21-10-3-1-4-11-21)18-27(33(29)31-25)23-12-5-2-6-13-23/h1-8,10-14,16,18-19H,9,15,17,20H2. The van der Waals surface area contributed by atoms with Crippen molar-refractivity contribution in [3.63, 3.8) is 0 Å². The van der Waals surface area contributed by atoms with Gasteiger partial charge in [0.25, 0.3) is 0 Å². The van der Waals surface area contributed by atoms with Gasteiger partial charge in [0.1, 0.15) is 5.69 Å². The monoisotopic (exact) mass is 444 g/mol. The molecule has 0 aliphatic carbocycles. The lowest BCUT2D eigenvalue weighted by Gasteiger charge is -2.30. The van der Waals surface area contributed by atoms with Gasteiger partial charge in [-0.05, 0) is 30.5 Å². The molecular formula is C29H24N4O. The van der Waals surface area contributed by atoms with Gasteiger partial charge in [-0.25, -0.2) is 9.50 Å². The van der Waals surface area contributed by atoms with Crippen molar-refractivity contribution < 1.29 is 4.79 Å². The van der Waals surface area contributed by atoms with Crippen molar-refractivity contribution in [2.24, 2.45) is 0 Å². The number of anilines is 1. The fourth-order valence-electron chi connectivity index (χ4n) is 4.71. The first kappa shape index (κ1) is 20.4. The highest BCUT2D eigenvalue weighted by molar-refractivity contribution is 5.98. The Kier molecular flexibility index (Phi) is 5.15. The van der Waals surface area contributed by atoms with E-state index in [1.54, 1.807) is 4.52 Å². The van der Waals surface area contributed by atoms with Gasteiger partial charge in [0.2, 0.25) is 5.78 Å². The largest absolute Gasteiger partial charge is 0.364 e. The first-order chi connectivity index (χ1) is 16.8. The number of benzene rings is 3. The number of nitrogens with zero attached hydrogens (tertiary/aromatic N) is 4. The van der Waals surface area contributed by atoms with E-state index in [0.717, 1.165) is 47.6 Å². The van der Waals surface area contributed by atoms with Crippen molar-refractivity contribution in [3.8, 4) is 22.5 Å². The molecule has 0 atom stereocenters. The average molecular weight is 445 g/mol. The number of hydrogen-bond acceptors (Lipinski definition) is 4. The maximum atomic E-state index is 13.3. The first-order valence-electron chi connectivity index (χ1n) is 11.6. The van der Waals surface area contributed by atoms with Crippen LogP contribution in [-0.2, 0) is 6.42 Å². The Bertz CT molecular complexity index is 1470. The van der Waals surface area contributed by atoms with Crippen molar-refractivity contribution in [3.05, 3.63) is 108 Å². The summed E-state index contributed by atoms with van der Waals surface area (Å²) in [6, 6.07) is 32.4. The van der Waals surface area contributed by atoms with Crippen LogP contribution in [0.25, 0.3) is 28.2 Å². The van der Waals surface area contributed by atoms with E-state index < -0.39 is 0 Å². The van der Waals surface area contributed by atoms with E-state index >= 15 is 0 Å². The first-order valence-corrected chi connectivity index (χ1v) is 11.6. The third-order valence-corrected chi connectivity index (χ3v) is 6.39. The molecule has 5 heteroatoms. The average Bonchev–Trinajstić information content (AvgIpc) is 3.34. The molecule has 166 valence electrons. The molecule has 0 spiro atoms. The summed E-state index contributed by atoms with van der Waals surface area (Å²) >= 11 is 0. The van der Waals surface area contributed by atoms with Crippen molar-refractivity contribution in [2.75, 3.05) is 18.0 Å². The smallest absolute Gasteiger partial charge is 0.202 e. The zero-order valence-corrected chi connectivity index (χ0v) is 18.8. The van der Waals surface area contributed by atoms with Crippen LogP contribution in [0.3, 0.4) is 0 Å². The van der Waals surface area contributed by atoms with Crippen LogP contribution in [0.1, 0.15) is 22.5 Å². The molecule has 0 saturated heterocycles. The fourth-order valence-corrected chi connectivity index (χ4v) is 4.71. The maximum Gasteiger partial charge on any atom is 0.202 e. The minimum atomic E-state index is 0.00229. The van der Waals surface area contributed by atoms with E-state index in [1.807, 2.05) is 66.7 Å². The van der Waals surface area contributed by atoms with Gasteiger partial charge < -0.3 is 4.90 Å². The van der Waals surface area contributed by atoms with Crippen molar-refractivity contribution in [1.29, 1.82) is 0 Å². The Morgan fingerprint density at radius 3 is 2.32 bits per heavy atom. The third kappa shape index (κ3) is 3.75. The molecule has 6 rings (SSSR count). The van der Waals surface area contributed by atoms with E-state index in [-0.39, 0.29) is 5.78 Å². The predicted octanol–water partition coefficient (Wildman–Crippen LogP) is 5.70. The van der Waals surface area contributed by atoms with E-state index in [2.05, 4.69) is 35.2 Å². The topological polar surface area (TPSA) is 50.5 Å². The Hall–Kier alpha value is -4.25. The lowest BCUT2D eigenvalue weighted by Crippen LogP contribution is -2.34. The third-order valence-electron chi connectivity index (χ3n) is 6.39. The van der Waals surface area contributed by atoms with Crippen LogP contribution >= 0.6 is 0 Å². The quantitative estimate of drug-likeness (QED) is 0.326. The predicted molar refractivity (Wildman–Crippen MR) is 135 cm³/mol. The van der Waals surface area contributed by atoms with Crippen molar-refractivity contribution >= 4 is 17.1 Å². The van der Waals surface area contributed by atoms with Gasteiger partial charge in [-0.2, -0.15) is 5.10 Å². The number of ketones is 1. The van der Waals surface area contributed by atoms with Gasteiger partial charge in [-0.15, -0.1) is 0 Å². The molecule has 0 amide bonds. The van der Waals surface area contributed by atoms with Crippen molar-refractivity contribution in [2.45, 2.75) is 12.8 Å². The summed E-state index contributed by atoms with van der Waals surface area (Å²) in [5.74, 6) is 0.00229. The zero-order chi connectivity index (χ0) is 22.9. The number of carbonyl (C=O) groups is 1. The van der Waals surface area contributed by atoms with Gasteiger partial charge >= 0.3 is 0 Å². The summed E-state index contributed by atoms with van der Waals surface area (Å²) in [5.41, 5.74) is 7.39. The number of hydrogen-bond donors (Lipinski definition) is 0. The van der Waals surface area contributed by atoms with Crippen LogP contribution in [0.15, 0.2) is 97.1 Å². The molecular weight excluding hydrogens is 420 g/mol. The van der Waals surface area contributed by atoms with Gasteiger partial charge in [0, 0.05) is 29.4 Å². The Balaban J connectivity index is 1.41. The van der Waals surface area contributed by atoms with E-state index in [0.29, 0.717) is 17.9 Å². The summed E-state index contributed by atoms with van der Waals surface area (Å²) < 4.78 is 1.79. The highest BCUT2D eigenvalue weighted by Crippen LogP contribution is 2.28. The van der Waals surface area contributed by atoms with Gasteiger partial charge in [0.15, 0.2) is 5.65 Å². The molecule has 0 unspecified atom stereocenters. The maximum absolute atomic E-state index is 13.3. The molecule has 0 N–H and O–H groups in total. The zero-order valence-electron chi connectivity index (χ0n) is 18.8. The second kappa shape index (κ2) is 8.60. The second-order valence-electron chi connectivity index (χ2n) is 8.64. The van der Waals surface area contributed by atoms with Crippen LogP contribution < -0.4 is 4.90 Å². The van der Waals surface area contributed by atoms with Crippen LogP contribution in [0.4, 0.5) is 5.69 Å². The number of fused-ring (bicyclic) bond motifs is 2. The number of aromatic nitrogens is 3. The normalized spacial score (nSPS) is 13.1. The Morgan fingerprint density at radius 1 is 0.824 bits per heavy atom. The molecule has 3 heterocycles. The molecule has 0 bridgehead atoms. The van der Waals surface area contributed by atoms with E-state index in [1.165, 1.54) is 5.56 Å². The number of rotatable bonds is 5. The van der Waals surface area contributed by atoms with Crippen LogP contribution in [0.5, 0.6) is 0 Å². The Labute approximate surface area is 198 Å². The number of para-hydroxylation sites is 1. The van der Waals surface area contributed by atoms with Crippen LogP contribution in [0.2, 0.25) is 0 Å². The van der Waals surface area contributed by atoms with E-state index in [4.69, 9.17) is 10.1 Å². The molecule has 5 aromatic rings. The lowest BCUT2D eigenvalue weighted by molar-refractivity contribution is 0.0993. The second-order valence-corrected chi connectivity index (χ2v) is 8.64. The fraction of sp³-hybridized carbons (Fsp3) is 0.138. The Morgan fingerprint density at radius 2 is 1.53 bits per heavy atom. The summed E-state index contributed by atoms with van der Waals surface area (Å²) in [6.45, 7) is 1.19. The molecule has 2 aromatic heterocycles. The summed E-state index contributed by atoms with van der Waals surface area (Å²) in [6.07, 6.45) is 2.11. The molecule has 0 radical (unpaired) electrons. The lowest BCUT2D eigenvalue weighted by atomic mass is 10.0. The summed E-state index contributed by atoms with van der Waals surface area (Å²) in [7, 11) is 0. The number of carbonyl (C=O) groups excluding carboxylic acids is 1. The highest BCUT2D eigenvalue weighted by atomic mass is 16.1. The highest BCUT2D eigenvalue weighted by Gasteiger charge is 2.22. The molecule has 0 fully saturated rings. The van der Waals surface area contributed by atoms with Crippen LogP contribution in [-0.4, -0.2) is 33.5 Å². The number of Topliss-reactive ketones (excluding diaryl/α,β-unsaturated/α-hetero) is 1. The minimum Gasteiger partial charge on any atom is -0.364 e. The molecule has 34 heavy (non-hydrogen) atoms.